The number of rotatable bonds is 2. The maximum absolute atomic E-state index is 4.34. The van der Waals surface area contributed by atoms with Gasteiger partial charge < -0.3 is 4.98 Å². The van der Waals surface area contributed by atoms with Gasteiger partial charge in [-0.1, -0.05) is 30.3 Å². The Morgan fingerprint density at radius 1 is 1.18 bits per heavy atom. The summed E-state index contributed by atoms with van der Waals surface area (Å²) in [5.41, 5.74) is 3.53. The Kier molecular flexibility index (Phi) is 2.69. The van der Waals surface area contributed by atoms with E-state index in [2.05, 4.69) is 56.2 Å². The van der Waals surface area contributed by atoms with Crippen LogP contribution in [0.2, 0.25) is 0 Å². The second-order valence-corrected chi connectivity index (χ2v) is 4.94. The standard InChI is InChI=1S/C14H11BrN2/c15-12-7-13-11(8-16-14(13)17-9-12)6-10-4-2-1-3-5-10/h1-5,7-9H,6H2,(H,16,17). The predicted octanol–water partition coefficient (Wildman–Crippen LogP) is 3.92. The van der Waals surface area contributed by atoms with E-state index in [4.69, 9.17) is 0 Å². The fourth-order valence-electron chi connectivity index (χ4n) is 1.99. The summed E-state index contributed by atoms with van der Waals surface area (Å²) in [4.78, 5) is 7.54. The third kappa shape index (κ3) is 2.11. The Labute approximate surface area is 108 Å². The minimum atomic E-state index is 0.930. The minimum Gasteiger partial charge on any atom is -0.346 e. The summed E-state index contributed by atoms with van der Waals surface area (Å²) in [7, 11) is 0. The second-order valence-electron chi connectivity index (χ2n) is 4.03. The predicted molar refractivity (Wildman–Crippen MR) is 73.0 cm³/mol. The number of nitrogens with zero attached hydrogens (tertiary/aromatic N) is 1. The zero-order valence-electron chi connectivity index (χ0n) is 9.15. The molecule has 1 N–H and O–H groups in total. The molecule has 0 amide bonds. The van der Waals surface area contributed by atoms with Crippen LogP contribution in [0.5, 0.6) is 0 Å². The van der Waals surface area contributed by atoms with E-state index < -0.39 is 0 Å². The maximum atomic E-state index is 4.34. The van der Waals surface area contributed by atoms with Crippen molar-refractivity contribution in [3.05, 3.63) is 64.4 Å². The monoisotopic (exact) mass is 286 g/mol. The van der Waals surface area contributed by atoms with Crippen molar-refractivity contribution < 1.29 is 0 Å². The molecule has 0 aliphatic rings. The largest absolute Gasteiger partial charge is 0.346 e. The summed E-state index contributed by atoms with van der Waals surface area (Å²) in [5, 5.41) is 1.18. The van der Waals surface area contributed by atoms with Crippen LogP contribution in [-0.2, 0) is 6.42 Å². The van der Waals surface area contributed by atoms with E-state index in [0.717, 1.165) is 16.5 Å². The molecule has 0 unspecified atom stereocenters. The van der Waals surface area contributed by atoms with Gasteiger partial charge in [-0.05, 0) is 39.5 Å². The van der Waals surface area contributed by atoms with Crippen molar-refractivity contribution in [3.8, 4) is 0 Å². The van der Waals surface area contributed by atoms with Crippen LogP contribution in [0.3, 0.4) is 0 Å². The van der Waals surface area contributed by atoms with Gasteiger partial charge in [0.1, 0.15) is 5.65 Å². The molecule has 2 heterocycles. The number of hydrogen-bond acceptors (Lipinski definition) is 1. The summed E-state index contributed by atoms with van der Waals surface area (Å²) in [5.74, 6) is 0. The molecule has 0 fully saturated rings. The van der Waals surface area contributed by atoms with E-state index in [1.165, 1.54) is 16.5 Å². The molecule has 2 aromatic heterocycles. The lowest BCUT2D eigenvalue weighted by atomic mass is 10.1. The number of halogens is 1. The van der Waals surface area contributed by atoms with Crippen molar-refractivity contribution in [2.45, 2.75) is 6.42 Å². The Bertz CT molecular complexity index is 644. The summed E-state index contributed by atoms with van der Waals surface area (Å²) in [6, 6.07) is 12.6. The highest BCUT2D eigenvalue weighted by molar-refractivity contribution is 9.10. The third-order valence-corrected chi connectivity index (χ3v) is 3.25. The fraction of sp³-hybridized carbons (Fsp3) is 0.0714. The average molecular weight is 287 g/mol. The Balaban J connectivity index is 2.03. The van der Waals surface area contributed by atoms with E-state index in [9.17, 15) is 0 Å². The van der Waals surface area contributed by atoms with Crippen LogP contribution in [0.25, 0.3) is 11.0 Å². The van der Waals surface area contributed by atoms with E-state index in [-0.39, 0.29) is 0 Å². The van der Waals surface area contributed by atoms with Gasteiger partial charge in [0, 0.05) is 22.3 Å². The first-order valence-electron chi connectivity index (χ1n) is 5.48. The molecule has 0 aliphatic carbocycles. The number of H-pyrrole nitrogens is 1. The highest BCUT2D eigenvalue weighted by Gasteiger charge is 2.05. The molecule has 0 atom stereocenters. The van der Waals surface area contributed by atoms with E-state index >= 15 is 0 Å². The van der Waals surface area contributed by atoms with Gasteiger partial charge in [0.25, 0.3) is 0 Å². The zero-order valence-corrected chi connectivity index (χ0v) is 10.7. The summed E-state index contributed by atoms with van der Waals surface area (Å²) in [6.07, 6.45) is 4.78. The third-order valence-electron chi connectivity index (χ3n) is 2.82. The van der Waals surface area contributed by atoms with Gasteiger partial charge in [0.15, 0.2) is 0 Å². The van der Waals surface area contributed by atoms with Crippen molar-refractivity contribution >= 4 is 27.0 Å². The molecular weight excluding hydrogens is 276 g/mol. The van der Waals surface area contributed by atoms with Crippen LogP contribution in [0.4, 0.5) is 0 Å². The van der Waals surface area contributed by atoms with Crippen LogP contribution in [-0.4, -0.2) is 9.97 Å². The zero-order chi connectivity index (χ0) is 11.7. The lowest BCUT2D eigenvalue weighted by molar-refractivity contribution is 1.21. The van der Waals surface area contributed by atoms with Crippen LogP contribution < -0.4 is 0 Å². The van der Waals surface area contributed by atoms with Crippen molar-refractivity contribution in [1.82, 2.24) is 9.97 Å². The SMILES string of the molecule is Brc1cnc2[nH]cc(Cc3ccccc3)c2c1. The molecule has 0 saturated carbocycles. The number of fused-ring (bicyclic) bond motifs is 1. The van der Waals surface area contributed by atoms with Crippen LogP contribution in [0, 0.1) is 0 Å². The molecule has 0 spiro atoms. The molecule has 3 heteroatoms. The van der Waals surface area contributed by atoms with Gasteiger partial charge in [-0.15, -0.1) is 0 Å². The molecule has 0 bridgehead atoms. The lowest BCUT2D eigenvalue weighted by Gasteiger charge is -2.00. The molecule has 17 heavy (non-hydrogen) atoms. The molecular formula is C14H11BrN2. The molecule has 84 valence electrons. The van der Waals surface area contributed by atoms with Crippen molar-refractivity contribution in [2.24, 2.45) is 0 Å². The smallest absolute Gasteiger partial charge is 0.137 e. The summed E-state index contributed by atoms with van der Waals surface area (Å²) < 4.78 is 1.01. The van der Waals surface area contributed by atoms with E-state index in [0.29, 0.717) is 0 Å². The first-order chi connectivity index (χ1) is 8.33. The van der Waals surface area contributed by atoms with E-state index in [1.54, 1.807) is 0 Å². The average Bonchev–Trinajstić information content (AvgIpc) is 2.73. The Morgan fingerprint density at radius 2 is 2.00 bits per heavy atom. The molecule has 3 aromatic rings. The van der Waals surface area contributed by atoms with Crippen molar-refractivity contribution in [3.63, 3.8) is 0 Å². The first kappa shape index (κ1) is 10.5. The highest BCUT2D eigenvalue weighted by Crippen LogP contribution is 2.22. The lowest BCUT2D eigenvalue weighted by Crippen LogP contribution is -1.86. The Morgan fingerprint density at radius 3 is 2.82 bits per heavy atom. The topological polar surface area (TPSA) is 28.7 Å². The maximum Gasteiger partial charge on any atom is 0.137 e. The first-order valence-corrected chi connectivity index (χ1v) is 6.27. The van der Waals surface area contributed by atoms with Crippen LogP contribution >= 0.6 is 15.9 Å². The minimum absolute atomic E-state index is 0.930. The van der Waals surface area contributed by atoms with Gasteiger partial charge in [0.2, 0.25) is 0 Å². The molecule has 1 aromatic carbocycles. The number of aromatic nitrogens is 2. The van der Waals surface area contributed by atoms with E-state index in [1.807, 2.05) is 18.5 Å². The van der Waals surface area contributed by atoms with Gasteiger partial charge in [-0.3, -0.25) is 0 Å². The number of nitrogens with one attached hydrogen (secondary N) is 1. The molecule has 0 aliphatic heterocycles. The molecule has 0 saturated heterocycles. The Hall–Kier alpha value is -1.61. The summed E-state index contributed by atoms with van der Waals surface area (Å²) >= 11 is 3.46. The van der Waals surface area contributed by atoms with Gasteiger partial charge in [-0.25, -0.2) is 4.98 Å². The van der Waals surface area contributed by atoms with Gasteiger partial charge in [0.05, 0.1) is 0 Å². The molecule has 3 rings (SSSR count). The number of pyridine rings is 1. The van der Waals surface area contributed by atoms with Gasteiger partial charge in [-0.2, -0.15) is 0 Å². The van der Waals surface area contributed by atoms with Gasteiger partial charge >= 0.3 is 0 Å². The summed E-state index contributed by atoms with van der Waals surface area (Å²) in [6.45, 7) is 0. The number of aromatic amines is 1. The highest BCUT2D eigenvalue weighted by atomic mass is 79.9. The number of benzene rings is 1. The van der Waals surface area contributed by atoms with Crippen LogP contribution in [0.15, 0.2) is 53.3 Å². The second kappa shape index (κ2) is 4.34. The molecule has 2 nitrogen and oxygen atoms in total. The van der Waals surface area contributed by atoms with Crippen molar-refractivity contribution in [2.75, 3.05) is 0 Å². The quantitative estimate of drug-likeness (QED) is 0.760. The number of hydrogen-bond donors (Lipinski definition) is 1. The molecule has 0 radical (unpaired) electrons. The van der Waals surface area contributed by atoms with Crippen LogP contribution in [0.1, 0.15) is 11.1 Å². The van der Waals surface area contributed by atoms with Crippen molar-refractivity contribution in [1.29, 1.82) is 0 Å². The fourth-order valence-corrected chi connectivity index (χ4v) is 2.33. The normalized spacial score (nSPS) is 10.9.